The van der Waals surface area contributed by atoms with Crippen molar-refractivity contribution >= 4 is 27.3 Å². The first-order valence-corrected chi connectivity index (χ1v) is 10.6. The lowest BCUT2D eigenvalue weighted by Gasteiger charge is -2.15. The first-order chi connectivity index (χ1) is 12.2. The average Bonchev–Trinajstić information content (AvgIpc) is 2.60. The van der Waals surface area contributed by atoms with Crippen LogP contribution in [0.2, 0.25) is 5.02 Å². The van der Waals surface area contributed by atoms with Crippen molar-refractivity contribution in [2.75, 3.05) is 5.75 Å². The van der Waals surface area contributed by atoms with Gasteiger partial charge in [0.2, 0.25) is 5.91 Å². The highest BCUT2D eigenvalue weighted by Crippen LogP contribution is 2.19. The van der Waals surface area contributed by atoms with Gasteiger partial charge in [-0.25, -0.2) is 8.42 Å². The Morgan fingerprint density at radius 2 is 1.50 bits per heavy atom. The molecule has 140 valence electrons. The summed E-state index contributed by atoms with van der Waals surface area (Å²) < 4.78 is 24.6. The van der Waals surface area contributed by atoms with Crippen LogP contribution >= 0.6 is 11.6 Å². The number of hydrogen-bond donors (Lipinski definition) is 1. The number of rotatable bonds is 7. The number of nitrogens with one attached hydrogen (secondary N) is 1. The molecule has 1 atom stereocenters. The van der Waals surface area contributed by atoms with Crippen LogP contribution in [-0.2, 0) is 14.6 Å². The summed E-state index contributed by atoms with van der Waals surface area (Å²) in [4.78, 5) is 12.3. The number of hydrogen-bond acceptors (Lipinski definition) is 3. The molecule has 4 nitrogen and oxygen atoms in total. The number of halogens is 1. The van der Waals surface area contributed by atoms with E-state index in [0.29, 0.717) is 10.9 Å². The first-order valence-electron chi connectivity index (χ1n) is 8.56. The molecule has 0 saturated carbocycles. The number of sulfone groups is 1. The monoisotopic (exact) mass is 393 g/mol. The maximum atomic E-state index is 12.3. The summed E-state index contributed by atoms with van der Waals surface area (Å²) in [7, 11) is -3.51. The van der Waals surface area contributed by atoms with Crippen molar-refractivity contribution in [2.24, 2.45) is 0 Å². The zero-order chi connectivity index (χ0) is 19.3. The minimum Gasteiger partial charge on any atom is -0.350 e. The van der Waals surface area contributed by atoms with Crippen molar-refractivity contribution in [2.45, 2.75) is 44.0 Å². The van der Waals surface area contributed by atoms with Crippen LogP contribution in [0.5, 0.6) is 0 Å². The molecule has 26 heavy (non-hydrogen) atoms. The highest BCUT2D eigenvalue weighted by molar-refractivity contribution is 7.91. The van der Waals surface area contributed by atoms with Gasteiger partial charge >= 0.3 is 0 Å². The lowest BCUT2D eigenvalue weighted by atomic mass is 9.99. The van der Waals surface area contributed by atoms with E-state index in [-0.39, 0.29) is 29.0 Å². The summed E-state index contributed by atoms with van der Waals surface area (Å²) >= 11 is 5.77. The van der Waals surface area contributed by atoms with E-state index < -0.39 is 9.84 Å². The van der Waals surface area contributed by atoms with E-state index in [0.717, 1.165) is 5.56 Å². The Bertz CT molecular complexity index is 844. The second-order valence-corrected chi connectivity index (χ2v) is 9.18. The lowest BCUT2D eigenvalue weighted by Crippen LogP contribution is -2.28. The molecule has 2 aromatic rings. The minimum atomic E-state index is -3.51. The van der Waals surface area contributed by atoms with E-state index in [1.54, 1.807) is 0 Å². The quantitative estimate of drug-likeness (QED) is 0.752. The predicted octanol–water partition coefficient (Wildman–Crippen LogP) is 4.50. The third kappa shape index (κ3) is 5.58. The van der Waals surface area contributed by atoms with Gasteiger partial charge in [0.25, 0.3) is 0 Å². The summed E-state index contributed by atoms with van der Waals surface area (Å²) in [6.07, 6.45) is -0.0840. The van der Waals surface area contributed by atoms with Gasteiger partial charge in [0.05, 0.1) is 16.7 Å². The van der Waals surface area contributed by atoms with E-state index in [1.807, 2.05) is 31.2 Å². The maximum Gasteiger partial charge on any atom is 0.221 e. The van der Waals surface area contributed by atoms with E-state index in [1.165, 1.54) is 29.8 Å². The van der Waals surface area contributed by atoms with Gasteiger partial charge in [-0.15, -0.1) is 0 Å². The van der Waals surface area contributed by atoms with Crippen molar-refractivity contribution in [3.63, 3.8) is 0 Å². The molecule has 0 aliphatic rings. The topological polar surface area (TPSA) is 63.2 Å². The number of benzene rings is 2. The van der Waals surface area contributed by atoms with Crippen LogP contribution in [0.3, 0.4) is 0 Å². The van der Waals surface area contributed by atoms with Crippen LogP contribution in [0, 0.1) is 0 Å². The molecular formula is C20H24ClNO3S. The molecule has 2 aromatic carbocycles. The van der Waals surface area contributed by atoms with Gasteiger partial charge < -0.3 is 5.32 Å². The highest BCUT2D eigenvalue weighted by atomic mass is 35.5. The van der Waals surface area contributed by atoms with Crippen LogP contribution in [0.4, 0.5) is 0 Å². The van der Waals surface area contributed by atoms with Crippen LogP contribution in [0.15, 0.2) is 53.4 Å². The molecule has 6 heteroatoms. The minimum absolute atomic E-state index is 0.0840. The molecule has 1 unspecified atom stereocenters. The van der Waals surface area contributed by atoms with Crippen molar-refractivity contribution in [3.8, 4) is 0 Å². The van der Waals surface area contributed by atoms with Gasteiger partial charge in [-0.1, -0.05) is 49.7 Å². The fourth-order valence-electron chi connectivity index (χ4n) is 2.55. The third-order valence-corrected chi connectivity index (χ3v) is 6.24. The summed E-state index contributed by atoms with van der Waals surface area (Å²) in [6.45, 7) is 6.14. The van der Waals surface area contributed by atoms with Gasteiger partial charge in [0, 0.05) is 11.4 Å². The zero-order valence-electron chi connectivity index (χ0n) is 15.2. The van der Waals surface area contributed by atoms with Crippen LogP contribution in [0.25, 0.3) is 0 Å². The largest absolute Gasteiger partial charge is 0.350 e. The van der Waals surface area contributed by atoms with Crippen molar-refractivity contribution in [3.05, 3.63) is 64.7 Å². The molecule has 0 bridgehead atoms. The molecule has 0 saturated heterocycles. The lowest BCUT2D eigenvalue weighted by molar-refractivity contribution is -0.121. The van der Waals surface area contributed by atoms with Crippen molar-refractivity contribution in [1.82, 2.24) is 5.32 Å². The van der Waals surface area contributed by atoms with Gasteiger partial charge in [0.15, 0.2) is 9.84 Å². The van der Waals surface area contributed by atoms with E-state index in [2.05, 4.69) is 19.2 Å². The average molecular weight is 394 g/mol. The Hall–Kier alpha value is -1.85. The molecule has 0 aliphatic heterocycles. The van der Waals surface area contributed by atoms with Gasteiger partial charge in [-0.3, -0.25) is 4.79 Å². The van der Waals surface area contributed by atoms with E-state index in [4.69, 9.17) is 11.6 Å². The normalized spacial score (nSPS) is 12.8. The molecule has 1 N–H and O–H groups in total. The first kappa shape index (κ1) is 20.5. The maximum absolute atomic E-state index is 12.3. The zero-order valence-corrected chi connectivity index (χ0v) is 16.8. The molecule has 2 rings (SSSR count). The van der Waals surface area contributed by atoms with Gasteiger partial charge in [-0.05, 0) is 48.2 Å². The Balaban J connectivity index is 1.92. The van der Waals surface area contributed by atoms with Crippen LogP contribution in [-0.4, -0.2) is 20.1 Å². The highest BCUT2D eigenvalue weighted by Gasteiger charge is 2.17. The van der Waals surface area contributed by atoms with Crippen molar-refractivity contribution in [1.29, 1.82) is 0 Å². The summed E-state index contributed by atoms with van der Waals surface area (Å²) in [5.74, 6) is -0.0746. The summed E-state index contributed by atoms with van der Waals surface area (Å²) in [6, 6.07) is 13.9. The summed E-state index contributed by atoms with van der Waals surface area (Å²) in [5.41, 5.74) is 2.23. The molecule has 0 fully saturated rings. The Morgan fingerprint density at radius 3 is 2.04 bits per heavy atom. The number of carbonyl (C=O) groups is 1. The predicted molar refractivity (Wildman–Crippen MR) is 105 cm³/mol. The molecule has 0 radical (unpaired) electrons. The van der Waals surface area contributed by atoms with Crippen LogP contribution in [0.1, 0.15) is 50.3 Å². The summed E-state index contributed by atoms with van der Waals surface area (Å²) in [5, 5.41) is 3.32. The van der Waals surface area contributed by atoms with Gasteiger partial charge in [-0.2, -0.15) is 0 Å². The third-order valence-electron chi connectivity index (χ3n) is 4.25. The fourth-order valence-corrected chi connectivity index (χ4v) is 3.92. The Morgan fingerprint density at radius 1 is 0.962 bits per heavy atom. The Kier molecular flexibility index (Phi) is 6.84. The van der Waals surface area contributed by atoms with Gasteiger partial charge in [0.1, 0.15) is 0 Å². The number of carbonyl (C=O) groups excluding carboxylic acids is 1. The van der Waals surface area contributed by atoms with Crippen LogP contribution < -0.4 is 5.32 Å². The SMILES string of the molecule is CC(C)c1ccc(C(C)NC(=O)CCS(=O)(=O)c2ccc(Cl)cc2)cc1. The molecule has 0 aliphatic carbocycles. The molecular weight excluding hydrogens is 370 g/mol. The Labute approximate surface area is 160 Å². The second-order valence-electron chi connectivity index (χ2n) is 6.63. The smallest absolute Gasteiger partial charge is 0.221 e. The number of amides is 1. The molecule has 0 spiro atoms. The molecule has 0 heterocycles. The van der Waals surface area contributed by atoms with E-state index >= 15 is 0 Å². The van der Waals surface area contributed by atoms with Crippen molar-refractivity contribution < 1.29 is 13.2 Å². The standard InChI is InChI=1S/C20H24ClNO3S/c1-14(2)16-4-6-17(7-5-16)15(3)22-20(23)12-13-26(24,25)19-10-8-18(21)9-11-19/h4-11,14-15H,12-13H2,1-3H3,(H,22,23). The molecule has 1 amide bonds. The second kappa shape index (κ2) is 8.69. The fraction of sp³-hybridized carbons (Fsp3) is 0.350. The van der Waals surface area contributed by atoms with E-state index in [9.17, 15) is 13.2 Å². The molecule has 0 aromatic heterocycles.